The number of carbonyl (C=O) groups is 2. The lowest BCUT2D eigenvalue weighted by Gasteiger charge is -2.01. The van der Waals surface area contributed by atoms with Crippen LogP contribution in [-0.4, -0.2) is 28.7 Å². The van der Waals surface area contributed by atoms with Gasteiger partial charge in [-0.05, 0) is 40.2 Å². The number of furan rings is 1. The number of carbonyl (C=O) groups excluding carboxylic acids is 2. The molecule has 0 bridgehead atoms. The van der Waals surface area contributed by atoms with Crippen molar-refractivity contribution in [3.63, 3.8) is 0 Å². The van der Waals surface area contributed by atoms with Gasteiger partial charge in [0.25, 0.3) is 5.91 Å². The molecule has 0 radical (unpaired) electrons. The molecule has 0 fully saturated rings. The van der Waals surface area contributed by atoms with Crippen molar-refractivity contribution in [3.8, 4) is 11.5 Å². The van der Waals surface area contributed by atoms with Gasteiger partial charge in [0.1, 0.15) is 0 Å². The zero-order valence-corrected chi connectivity index (χ0v) is 13.6. The van der Waals surface area contributed by atoms with E-state index in [0.29, 0.717) is 4.67 Å². The number of hydrogen-bond acceptors (Lipinski definition) is 7. The Hall–Kier alpha value is -2.94. The summed E-state index contributed by atoms with van der Waals surface area (Å²) in [5.41, 5.74) is 0.723. The summed E-state index contributed by atoms with van der Waals surface area (Å²) in [6, 6.07) is 12.0. The molecule has 1 amide bonds. The van der Waals surface area contributed by atoms with Crippen LogP contribution in [0.1, 0.15) is 10.6 Å². The summed E-state index contributed by atoms with van der Waals surface area (Å²) in [7, 11) is 0. The highest BCUT2D eigenvalue weighted by molar-refractivity contribution is 9.10. The first-order valence-corrected chi connectivity index (χ1v) is 7.52. The molecule has 0 spiro atoms. The molecule has 9 heteroatoms. The molecule has 1 aromatic carbocycles. The summed E-state index contributed by atoms with van der Waals surface area (Å²) in [5, 5.41) is 9.88. The van der Waals surface area contributed by atoms with Gasteiger partial charge in [-0.15, -0.1) is 5.10 Å². The first-order valence-electron chi connectivity index (χ1n) is 6.73. The van der Waals surface area contributed by atoms with Crippen LogP contribution in [0.2, 0.25) is 0 Å². The minimum absolute atomic E-state index is 0.0150. The number of nitrogens with one attached hydrogen (secondary N) is 1. The van der Waals surface area contributed by atoms with E-state index in [2.05, 4.69) is 31.4 Å². The quantitative estimate of drug-likeness (QED) is 0.666. The van der Waals surface area contributed by atoms with Gasteiger partial charge in [0, 0.05) is 5.56 Å². The van der Waals surface area contributed by atoms with Gasteiger partial charge >= 0.3 is 12.0 Å². The summed E-state index contributed by atoms with van der Waals surface area (Å²) in [4.78, 5) is 23.4. The standard InChI is InChI=1S/C15H10BrN3O5/c16-11-7-6-10(23-11)14(21)22-8-12(20)17-15-19-18-13(24-15)9-4-2-1-3-5-9/h1-7H,8H2,(H,17,19,20). The van der Waals surface area contributed by atoms with Crippen LogP contribution in [0.3, 0.4) is 0 Å². The van der Waals surface area contributed by atoms with Crippen molar-refractivity contribution in [2.75, 3.05) is 11.9 Å². The van der Waals surface area contributed by atoms with Crippen molar-refractivity contribution < 1.29 is 23.2 Å². The topological polar surface area (TPSA) is 107 Å². The lowest BCUT2D eigenvalue weighted by atomic mass is 10.2. The number of anilines is 1. The Morgan fingerprint density at radius 1 is 1.08 bits per heavy atom. The largest absolute Gasteiger partial charge is 0.450 e. The third kappa shape index (κ3) is 3.87. The number of hydrogen-bond donors (Lipinski definition) is 1. The van der Waals surface area contributed by atoms with Crippen molar-refractivity contribution in [1.82, 2.24) is 10.2 Å². The highest BCUT2D eigenvalue weighted by Gasteiger charge is 2.16. The number of aromatic nitrogens is 2. The van der Waals surface area contributed by atoms with Gasteiger partial charge in [-0.25, -0.2) is 4.79 Å². The Kier molecular flexibility index (Phi) is 4.71. The maximum absolute atomic E-state index is 11.7. The lowest BCUT2D eigenvalue weighted by Crippen LogP contribution is -2.20. The lowest BCUT2D eigenvalue weighted by molar-refractivity contribution is -0.119. The van der Waals surface area contributed by atoms with E-state index in [1.165, 1.54) is 6.07 Å². The van der Waals surface area contributed by atoms with Gasteiger partial charge in [-0.2, -0.15) is 0 Å². The summed E-state index contributed by atoms with van der Waals surface area (Å²) >= 11 is 3.06. The minimum Gasteiger partial charge on any atom is -0.450 e. The van der Waals surface area contributed by atoms with Crippen LogP contribution in [0.4, 0.5) is 6.01 Å². The fourth-order valence-corrected chi connectivity index (χ4v) is 2.06. The Bertz CT molecular complexity index is 859. The fraction of sp³-hybridized carbons (Fsp3) is 0.0667. The van der Waals surface area contributed by atoms with E-state index in [9.17, 15) is 9.59 Å². The predicted octanol–water partition coefficient (Wildman–Crippen LogP) is 2.89. The van der Waals surface area contributed by atoms with Gasteiger partial charge in [-0.1, -0.05) is 23.3 Å². The molecule has 0 aliphatic carbocycles. The van der Waals surface area contributed by atoms with Crippen molar-refractivity contribution in [2.45, 2.75) is 0 Å². The highest BCUT2D eigenvalue weighted by Crippen LogP contribution is 2.19. The Morgan fingerprint density at radius 3 is 2.58 bits per heavy atom. The van der Waals surface area contributed by atoms with Crippen LogP contribution in [0, 0.1) is 0 Å². The number of amides is 1. The summed E-state index contributed by atoms with van der Waals surface area (Å²) < 4.78 is 15.5. The molecule has 0 unspecified atom stereocenters. The molecule has 3 aromatic rings. The van der Waals surface area contributed by atoms with Crippen molar-refractivity contribution in [1.29, 1.82) is 0 Å². The zero-order valence-electron chi connectivity index (χ0n) is 12.1. The summed E-state index contributed by atoms with van der Waals surface area (Å²) in [6.07, 6.45) is 0. The van der Waals surface area contributed by atoms with E-state index < -0.39 is 18.5 Å². The third-order valence-corrected chi connectivity index (χ3v) is 3.23. The maximum Gasteiger partial charge on any atom is 0.374 e. The molecule has 0 saturated carbocycles. The molecule has 122 valence electrons. The first-order chi connectivity index (χ1) is 11.6. The van der Waals surface area contributed by atoms with Gasteiger partial charge in [-0.3, -0.25) is 10.1 Å². The van der Waals surface area contributed by atoms with E-state index >= 15 is 0 Å². The predicted molar refractivity (Wildman–Crippen MR) is 85.1 cm³/mol. The molecule has 2 aromatic heterocycles. The summed E-state index contributed by atoms with van der Waals surface area (Å²) in [6.45, 7) is -0.514. The molecule has 8 nitrogen and oxygen atoms in total. The van der Waals surface area contributed by atoms with E-state index in [1.54, 1.807) is 18.2 Å². The fourth-order valence-electron chi connectivity index (χ4n) is 1.75. The maximum atomic E-state index is 11.7. The van der Waals surface area contributed by atoms with Crippen LogP contribution in [0.15, 0.2) is 56.0 Å². The minimum atomic E-state index is -0.758. The van der Waals surface area contributed by atoms with E-state index in [1.807, 2.05) is 18.2 Å². The van der Waals surface area contributed by atoms with E-state index in [0.717, 1.165) is 5.56 Å². The zero-order chi connectivity index (χ0) is 16.9. The van der Waals surface area contributed by atoms with Crippen molar-refractivity contribution in [2.24, 2.45) is 0 Å². The van der Waals surface area contributed by atoms with Gasteiger partial charge < -0.3 is 13.6 Å². The number of esters is 1. The first kappa shape index (κ1) is 15.9. The van der Waals surface area contributed by atoms with E-state index in [-0.39, 0.29) is 17.7 Å². The monoisotopic (exact) mass is 391 g/mol. The van der Waals surface area contributed by atoms with Crippen molar-refractivity contribution in [3.05, 3.63) is 52.9 Å². The molecule has 3 rings (SSSR count). The smallest absolute Gasteiger partial charge is 0.374 e. The Labute approximate surface area is 143 Å². The number of rotatable bonds is 5. The molecule has 0 aliphatic heterocycles. The number of benzene rings is 1. The second-order valence-corrected chi connectivity index (χ2v) is 5.29. The molecular formula is C15H10BrN3O5. The Morgan fingerprint density at radius 2 is 1.88 bits per heavy atom. The van der Waals surface area contributed by atoms with Crippen molar-refractivity contribution >= 4 is 33.8 Å². The van der Waals surface area contributed by atoms with E-state index in [4.69, 9.17) is 13.6 Å². The van der Waals surface area contributed by atoms with Crippen LogP contribution in [0.25, 0.3) is 11.5 Å². The summed E-state index contributed by atoms with van der Waals surface area (Å²) in [5.74, 6) is -1.12. The number of halogens is 1. The normalized spacial score (nSPS) is 10.4. The van der Waals surface area contributed by atoms with Crippen LogP contribution in [-0.2, 0) is 9.53 Å². The second kappa shape index (κ2) is 7.09. The van der Waals surface area contributed by atoms with Crippen LogP contribution in [0.5, 0.6) is 0 Å². The average Bonchev–Trinajstić information content (AvgIpc) is 3.23. The van der Waals surface area contributed by atoms with Gasteiger partial charge in [0.05, 0.1) is 0 Å². The molecule has 24 heavy (non-hydrogen) atoms. The molecule has 0 atom stereocenters. The van der Waals surface area contributed by atoms with Crippen LogP contribution >= 0.6 is 15.9 Å². The third-order valence-electron chi connectivity index (χ3n) is 2.80. The molecule has 2 heterocycles. The SMILES string of the molecule is O=C(COC(=O)c1ccc(Br)o1)Nc1nnc(-c2ccccc2)o1. The molecule has 1 N–H and O–H groups in total. The van der Waals surface area contributed by atoms with Gasteiger partial charge in [0.15, 0.2) is 11.3 Å². The molecule has 0 aliphatic rings. The number of ether oxygens (including phenoxy) is 1. The number of nitrogens with zero attached hydrogens (tertiary/aromatic N) is 2. The van der Waals surface area contributed by atoms with Gasteiger partial charge in [0.2, 0.25) is 11.7 Å². The average molecular weight is 392 g/mol. The molecular weight excluding hydrogens is 382 g/mol. The molecule has 0 saturated heterocycles. The van der Waals surface area contributed by atoms with Crippen LogP contribution < -0.4 is 5.32 Å². The Balaban J connectivity index is 1.54. The second-order valence-electron chi connectivity index (χ2n) is 4.51. The highest BCUT2D eigenvalue weighted by atomic mass is 79.9.